The summed E-state index contributed by atoms with van der Waals surface area (Å²) in [6, 6.07) is 0. The van der Waals surface area contributed by atoms with E-state index in [0.717, 1.165) is 0 Å². The predicted molar refractivity (Wildman–Crippen MR) is 77.1 cm³/mol. The quantitative estimate of drug-likeness (QED) is 0.731. The van der Waals surface area contributed by atoms with E-state index >= 15 is 0 Å². The number of allylic oxidation sites excluding steroid dienone is 2. The van der Waals surface area contributed by atoms with Crippen molar-refractivity contribution in [2.24, 2.45) is 5.92 Å². The highest BCUT2D eigenvalue weighted by Crippen LogP contribution is 2.74. The Morgan fingerprint density at radius 2 is 1.83 bits per heavy atom. The maximum atomic E-state index is 11.0. The van der Waals surface area contributed by atoms with Crippen molar-refractivity contribution in [3.63, 3.8) is 0 Å². The highest BCUT2D eigenvalue weighted by Gasteiger charge is 2.78. The maximum absolute atomic E-state index is 11.0. The van der Waals surface area contributed by atoms with Crippen LogP contribution in [0.3, 0.4) is 0 Å². The van der Waals surface area contributed by atoms with Gasteiger partial charge < -0.3 is 5.32 Å². The lowest BCUT2D eigenvalue weighted by atomic mass is 9.92. The minimum absolute atomic E-state index is 0.160. The topological polar surface area (TPSA) is 29.1 Å². The highest BCUT2D eigenvalue weighted by atomic mass is 35.5. The van der Waals surface area contributed by atoms with Gasteiger partial charge in [0.05, 0.1) is 10.1 Å². The van der Waals surface area contributed by atoms with E-state index in [0.29, 0.717) is 6.42 Å². The third kappa shape index (κ3) is 1.66. The number of fused-ring (bicyclic) bond motifs is 2. The minimum atomic E-state index is -1.51. The second kappa shape index (κ2) is 4.47. The van der Waals surface area contributed by atoms with Crippen molar-refractivity contribution in [2.45, 2.75) is 27.4 Å². The second-order valence-electron chi connectivity index (χ2n) is 4.55. The Labute approximate surface area is 135 Å². The molecule has 2 bridgehead atoms. The number of nitrogens with one attached hydrogen (secondary N) is 1. The second-order valence-corrected chi connectivity index (χ2v) is 7.88. The molecule has 2 aliphatic rings. The molecule has 2 aliphatic carbocycles. The molecule has 1 N–H and O–H groups in total. The smallest absolute Gasteiger partial charge is 0.216 e. The van der Waals surface area contributed by atoms with Crippen LogP contribution in [-0.4, -0.2) is 26.5 Å². The van der Waals surface area contributed by atoms with E-state index in [-0.39, 0.29) is 28.4 Å². The van der Waals surface area contributed by atoms with Gasteiger partial charge in [-0.15, -0.1) is 23.2 Å². The number of carbonyl (C=O) groups excluding carboxylic acids is 1. The first-order valence-corrected chi connectivity index (χ1v) is 7.42. The number of hydrogen-bond acceptors (Lipinski definition) is 1. The Balaban J connectivity index is 2.40. The fourth-order valence-electron chi connectivity index (χ4n) is 2.51. The SMILES string of the molecule is CC(=O)NCC1CC2(Cl)C(Cl)=C(Cl)C1(Cl)C2(Cl)Cl. The summed E-state index contributed by atoms with van der Waals surface area (Å²) < 4.78 is -1.51. The molecule has 102 valence electrons. The summed E-state index contributed by atoms with van der Waals surface area (Å²) in [6.45, 7) is 1.69. The van der Waals surface area contributed by atoms with E-state index in [9.17, 15) is 4.79 Å². The van der Waals surface area contributed by atoms with Crippen LogP contribution in [0.4, 0.5) is 0 Å². The van der Waals surface area contributed by atoms with Gasteiger partial charge in [-0.3, -0.25) is 4.79 Å². The molecule has 0 spiro atoms. The number of carbonyl (C=O) groups is 1. The Kier molecular flexibility index (Phi) is 3.81. The van der Waals surface area contributed by atoms with Crippen molar-refractivity contribution in [3.8, 4) is 0 Å². The number of alkyl halides is 4. The summed E-state index contributed by atoms with van der Waals surface area (Å²) in [5.41, 5.74) is 0. The van der Waals surface area contributed by atoms with E-state index < -0.39 is 14.1 Å². The van der Waals surface area contributed by atoms with Crippen molar-refractivity contribution in [2.75, 3.05) is 6.54 Å². The summed E-state index contributed by atoms with van der Waals surface area (Å²) in [4.78, 5) is 8.49. The molecular weight excluding hydrogens is 363 g/mol. The van der Waals surface area contributed by atoms with E-state index in [1.165, 1.54) is 6.92 Å². The van der Waals surface area contributed by atoms with Crippen LogP contribution in [0.5, 0.6) is 0 Å². The molecule has 0 aromatic heterocycles. The third-order valence-corrected chi connectivity index (χ3v) is 7.83. The molecule has 8 heteroatoms. The molecule has 0 radical (unpaired) electrons. The van der Waals surface area contributed by atoms with E-state index in [2.05, 4.69) is 5.32 Å². The van der Waals surface area contributed by atoms with Crippen LogP contribution >= 0.6 is 69.6 Å². The first kappa shape index (κ1) is 15.3. The van der Waals surface area contributed by atoms with Crippen molar-refractivity contribution >= 4 is 75.5 Å². The molecule has 3 unspecified atom stereocenters. The minimum Gasteiger partial charge on any atom is -0.356 e. The van der Waals surface area contributed by atoms with Gasteiger partial charge in [0.15, 0.2) is 4.33 Å². The summed E-state index contributed by atoms with van der Waals surface area (Å²) >= 11 is 37.7. The average molecular weight is 372 g/mol. The highest BCUT2D eigenvalue weighted by molar-refractivity contribution is 6.65. The molecule has 0 aromatic carbocycles. The molecule has 1 fully saturated rings. The Bertz CT molecular complexity index is 450. The van der Waals surface area contributed by atoms with Crippen molar-refractivity contribution in [1.82, 2.24) is 5.32 Å². The normalized spacial score (nSPS) is 41.4. The molecule has 0 aromatic rings. The predicted octanol–water partition coefficient (Wildman–Crippen LogP) is 3.97. The Morgan fingerprint density at radius 3 is 2.22 bits per heavy atom. The van der Waals surface area contributed by atoms with Gasteiger partial charge >= 0.3 is 0 Å². The van der Waals surface area contributed by atoms with Gasteiger partial charge in [-0.2, -0.15) is 0 Å². The lowest BCUT2D eigenvalue weighted by Crippen LogP contribution is -2.46. The number of rotatable bonds is 2. The van der Waals surface area contributed by atoms with Crippen LogP contribution < -0.4 is 5.32 Å². The van der Waals surface area contributed by atoms with Gasteiger partial charge in [0, 0.05) is 19.4 Å². The molecule has 1 saturated carbocycles. The molecule has 18 heavy (non-hydrogen) atoms. The first-order chi connectivity index (χ1) is 8.09. The molecular formula is C10H9Cl6NO. The zero-order valence-corrected chi connectivity index (χ0v) is 13.7. The molecule has 2 rings (SSSR count). The van der Waals surface area contributed by atoms with Gasteiger partial charge in [0.25, 0.3) is 0 Å². The third-order valence-electron chi connectivity index (χ3n) is 3.50. The Morgan fingerprint density at radius 1 is 1.28 bits per heavy atom. The average Bonchev–Trinajstić information content (AvgIpc) is 2.48. The van der Waals surface area contributed by atoms with Crippen LogP contribution in [0.1, 0.15) is 13.3 Å². The fourth-order valence-corrected chi connectivity index (χ4v) is 5.36. The molecule has 2 nitrogen and oxygen atoms in total. The summed E-state index contributed by atoms with van der Waals surface area (Å²) in [5.74, 6) is -0.465. The van der Waals surface area contributed by atoms with Crippen LogP contribution in [0.15, 0.2) is 10.1 Å². The largest absolute Gasteiger partial charge is 0.356 e. The molecule has 1 amide bonds. The van der Waals surface area contributed by atoms with E-state index in [1.54, 1.807) is 0 Å². The van der Waals surface area contributed by atoms with Crippen LogP contribution in [0.25, 0.3) is 0 Å². The van der Waals surface area contributed by atoms with Crippen molar-refractivity contribution < 1.29 is 4.79 Å². The lowest BCUT2D eigenvalue weighted by Gasteiger charge is -2.33. The van der Waals surface area contributed by atoms with E-state index in [1.807, 2.05) is 0 Å². The summed E-state index contributed by atoms with van der Waals surface area (Å²) in [7, 11) is 0. The fraction of sp³-hybridized carbons (Fsp3) is 0.700. The van der Waals surface area contributed by atoms with Gasteiger partial charge in [-0.25, -0.2) is 0 Å². The van der Waals surface area contributed by atoms with Crippen molar-refractivity contribution in [1.29, 1.82) is 0 Å². The zero-order chi connectivity index (χ0) is 13.9. The van der Waals surface area contributed by atoms with Gasteiger partial charge in [0.1, 0.15) is 9.75 Å². The maximum Gasteiger partial charge on any atom is 0.216 e. The van der Waals surface area contributed by atoms with Crippen molar-refractivity contribution in [3.05, 3.63) is 10.1 Å². The summed E-state index contributed by atoms with van der Waals surface area (Å²) in [6.07, 6.45) is 0.348. The van der Waals surface area contributed by atoms with Crippen LogP contribution in [-0.2, 0) is 4.79 Å². The molecule has 0 aliphatic heterocycles. The zero-order valence-electron chi connectivity index (χ0n) is 9.17. The molecule has 0 heterocycles. The molecule has 0 saturated heterocycles. The van der Waals surface area contributed by atoms with Gasteiger partial charge in [-0.05, 0) is 6.42 Å². The molecule has 3 atom stereocenters. The first-order valence-electron chi connectivity index (χ1n) is 5.15. The van der Waals surface area contributed by atoms with Gasteiger partial charge in [0.2, 0.25) is 5.91 Å². The van der Waals surface area contributed by atoms with Gasteiger partial charge in [-0.1, -0.05) is 46.4 Å². The Hall–Kier alpha value is 0.950. The van der Waals surface area contributed by atoms with Crippen LogP contribution in [0, 0.1) is 5.92 Å². The summed E-state index contributed by atoms with van der Waals surface area (Å²) in [5, 5.41) is 3.01. The lowest BCUT2D eigenvalue weighted by molar-refractivity contribution is -0.119. The standard InChI is InChI=1S/C10H9Cl6NO/c1-4(18)17-3-5-2-8(13)6(11)7(12)9(5,14)10(8,15)16/h5H,2-3H2,1H3,(H,17,18). The number of halogens is 6. The number of hydrogen-bond donors (Lipinski definition) is 1. The number of amides is 1. The monoisotopic (exact) mass is 369 g/mol. The van der Waals surface area contributed by atoms with E-state index in [4.69, 9.17) is 69.6 Å². The van der Waals surface area contributed by atoms with Crippen LogP contribution in [0.2, 0.25) is 0 Å².